The Kier molecular flexibility index (Phi) is 2.99. The first kappa shape index (κ1) is 13.1. The van der Waals surface area contributed by atoms with Gasteiger partial charge in [0.1, 0.15) is 0 Å². The average molecular weight is 264 g/mol. The fourth-order valence-corrected chi connectivity index (χ4v) is 5.39. The van der Waals surface area contributed by atoms with E-state index in [2.05, 4.69) is 20.8 Å². The van der Waals surface area contributed by atoms with Gasteiger partial charge in [-0.15, -0.1) is 0 Å². The van der Waals surface area contributed by atoms with E-state index < -0.39 is 0 Å². The molecule has 19 heavy (non-hydrogen) atoms. The van der Waals surface area contributed by atoms with E-state index in [-0.39, 0.29) is 23.8 Å². The van der Waals surface area contributed by atoms with E-state index in [1.54, 1.807) is 0 Å². The third-order valence-corrected chi connectivity index (χ3v) is 6.57. The number of carbonyl (C=O) groups is 2. The van der Waals surface area contributed by atoms with Crippen molar-refractivity contribution in [1.82, 2.24) is 0 Å². The largest absolute Gasteiger partial charge is 0.393 e. The number of hydrogen-bond acceptors (Lipinski definition) is 3. The van der Waals surface area contributed by atoms with Gasteiger partial charge in [-0.25, -0.2) is 0 Å². The number of esters is 2. The number of fused-ring (bicyclic) bond motifs is 2. The smallest absolute Gasteiger partial charge is 0.317 e. The molecule has 0 spiro atoms. The summed E-state index contributed by atoms with van der Waals surface area (Å²) in [4.78, 5) is 23.9. The van der Waals surface area contributed by atoms with Crippen LogP contribution in [0.15, 0.2) is 0 Å². The van der Waals surface area contributed by atoms with Gasteiger partial charge in [-0.3, -0.25) is 9.59 Å². The van der Waals surface area contributed by atoms with E-state index in [1.807, 2.05) is 6.92 Å². The van der Waals surface area contributed by atoms with Crippen molar-refractivity contribution in [2.75, 3.05) is 0 Å². The predicted molar refractivity (Wildman–Crippen MR) is 70.9 cm³/mol. The second-order valence-electron chi connectivity index (χ2n) is 7.00. The molecule has 2 saturated carbocycles. The summed E-state index contributed by atoms with van der Waals surface area (Å²) in [6.07, 6.45) is 1.96. The van der Waals surface area contributed by atoms with Gasteiger partial charge < -0.3 is 4.74 Å². The summed E-state index contributed by atoms with van der Waals surface area (Å²) in [5.74, 6) is 2.78. The van der Waals surface area contributed by atoms with Gasteiger partial charge in [-0.05, 0) is 48.3 Å². The highest BCUT2D eigenvalue weighted by Crippen LogP contribution is 2.61. The lowest BCUT2D eigenvalue weighted by Crippen LogP contribution is -2.39. The molecule has 3 aliphatic rings. The highest BCUT2D eigenvalue weighted by atomic mass is 16.6. The third-order valence-electron chi connectivity index (χ3n) is 6.57. The maximum Gasteiger partial charge on any atom is 0.317 e. The van der Waals surface area contributed by atoms with Gasteiger partial charge in [0.05, 0.1) is 11.8 Å². The van der Waals surface area contributed by atoms with Crippen LogP contribution in [0.5, 0.6) is 0 Å². The molecule has 0 aromatic rings. The van der Waals surface area contributed by atoms with Gasteiger partial charge in [0.25, 0.3) is 0 Å². The van der Waals surface area contributed by atoms with Crippen LogP contribution in [-0.4, -0.2) is 11.9 Å². The molecule has 3 fully saturated rings. The Morgan fingerprint density at radius 3 is 2.21 bits per heavy atom. The normalized spacial score (nSPS) is 52.8. The Morgan fingerprint density at radius 2 is 1.63 bits per heavy atom. The zero-order valence-electron chi connectivity index (χ0n) is 12.3. The number of hydrogen-bond donors (Lipinski definition) is 0. The van der Waals surface area contributed by atoms with Crippen LogP contribution in [0.4, 0.5) is 0 Å². The van der Waals surface area contributed by atoms with Crippen LogP contribution in [0.25, 0.3) is 0 Å². The average Bonchev–Trinajstić information content (AvgIpc) is 2.93. The van der Waals surface area contributed by atoms with E-state index in [1.165, 1.54) is 6.42 Å². The summed E-state index contributed by atoms with van der Waals surface area (Å²) in [6.45, 7) is 8.93. The van der Waals surface area contributed by atoms with Gasteiger partial charge in [-0.1, -0.05) is 27.7 Å². The van der Waals surface area contributed by atoms with E-state index in [9.17, 15) is 9.59 Å². The molecule has 2 bridgehead atoms. The summed E-state index contributed by atoms with van der Waals surface area (Å²) in [5.41, 5.74) is 0. The molecule has 8 atom stereocenters. The van der Waals surface area contributed by atoms with Crippen molar-refractivity contribution in [3.05, 3.63) is 0 Å². The first-order valence-electron chi connectivity index (χ1n) is 7.72. The molecule has 1 aliphatic heterocycles. The van der Waals surface area contributed by atoms with Crippen LogP contribution in [0.2, 0.25) is 0 Å². The van der Waals surface area contributed by atoms with Crippen LogP contribution in [-0.2, 0) is 14.3 Å². The topological polar surface area (TPSA) is 43.4 Å². The lowest BCUT2D eigenvalue weighted by Gasteiger charge is -2.39. The van der Waals surface area contributed by atoms with Crippen LogP contribution in [0, 0.1) is 47.3 Å². The fraction of sp³-hybridized carbons (Fsp3) is 0.875. The first-order chi connectivity index (χ1) is 8.97. The molecule has 8 unspecified atom stereocenters. The van der Waals surface area contributed by atoms with E-state index in [4.69, 9.17) is 4.74 Å². The molecule has 0 aromatic heterocycles. The van der Waals surface area contributed by atoms with E-state index in [0.29, 0.717) is 23.7 Å². The number of carbonyl (C=O) groups excluding carboxylic acids is 2. The summed E-state index contributed by atoms with van der Waals surface area (Å²) in [6, 6.07) is 0. The Labute approximate surface area is 115 Å². The van der Waals surface area contributed by atoms with Crippen molar-refractivity contribution in [2.45, 2.75) is 40.5 Å². The molecule has 2 aliphatic carbocycles. The minimum absolute atomic E-state index is 0.169. The highest BCUT2D eigenvalue weighted by molar-refractivity contribution is 5.96. The monoisotopic (exact) mass is 264 g/mol. The molecule has 0 N–H and O–H groups in total. The molecular formula is C16H24O3. The quantitative estimate of drug-likeness (QED) is 0.569. The maximum absolute atomic E-state index is 12.1. The van der Waals surface area contributed by atoms with Gasteiger partial charge in [-0.2, -0.15) is 0 Å². The maximum atomic E-state index is 12.1. The number of ether oxygens (including phenoxy) is 1. The molecule has 3 heteroatoms. The lowest BCUT2D eigenvalue weighted by atomic mass is 9.63. The minimum Gasteiger partial charge on any atom is -0.393 e. The SMILES string of the molecule is CCC1C(=O)OC(=O)C1C1C(C)C2CC1C(C)C2C. The van der Waals surface area contributed by atoms with Crippen LogP contribution in [0.1, 0.15) is 40.5 Å². The summed E-state index contributed by atoms with van der Waals surface area (Å²) < 4.78 is 4.93. The van der Waals surface area contributed by atoms with Gasteiger partial charge >= 0.3 is 11.9 Å². The van der Waals surface area contributed by atoms with E-state index >= 15 is 0 Å². The Balaban J connectivity index is 1.90. The second-order valence-corrected chi connectivity index (χ2v) is 7.00. The van der Waals surface area contributed by atoms with Crippen molar-refractivity contribution >= 4 is 11.9 Å². The van der Waals surface area contributed by atoms with Crippen molar-refractivity contribution < 1.29 is 14.3 Å². The Bertz CT molecular complexity index is 416. The molecule has 0 amide bonds. The molecule has 1 saturated heterocycles. The summed E-state index contributed by atoms with van der Waals surface area (Å²) in [5, 5.41) is 0. The van der Waals surface area contributed by atoms with Crippen LogP contribution in [0.3, 0.4) is 0 Å². The van der Waals surface area contributed by atoms with Gasteiger partial charge in [0, 0.05) is 0 Å². The van der Waals surface area contributed by atoms with Gasteiger partial charge in [0.2, 0.25) is 0 Å². The van der Waals surface area contributed by atoms with Gasteiger partial charge in [0.15, 0.2) is 0 Å². The molecule has 0 radical (unpaired) electrons. The predicted octanol–water partition coefficient (Wildman–Crippen LogP) is 2.89. The van der Waals surface area contributed by atoms with Crippen molar-refractivity contribution in [1.29, 1.82) is 0 Å². The molecule has 3 rings (SSSR count). The zero-order chi connectivity index (χ0) is 13.9. The number of cyclic esters (lactones) is 2. The van der Waals surface area contributed by atoms with Crippen molar-refractivity contribution in [2.24, 2.45) is 47.3 Å². The summed E-state index contributed by atoms with van der Waals surface area (Å²) in [7, 11) is 0. The number of rotatable bonds is 2. The highest BCUT2D eigenvalue weighted by Gasteiger charge is 2.60. The zero-order valence-corrected chi connectivity index (χ0v) is 12.3. The second kappa shape index (κ2) is 4.32. The molecule has 0 aromatic carbocycles. The van der Waals surface area contributed by atoms with Crippen LogP contribution >= 0.6 is 0 Å². The Morgan fingerprint density at radius 1 is 1.00 bits per heavy atom. The minimum atomic E-state index is -0.284. The van der Waals surface area contributed by atoms with Crippen LogP contribution < -0.4 is 0 Å². The molecular weight excluding hydrogens is 240 g/mol. The molecule has 3 nitrogen and oxygen atoms in total. The van der Waals surface area contributed by atoms with Crippen molar-refractivity contribution in [3.8, 4) is 0 Å². The summed E-state index contributed by atoms with van der Waals surface area (Å²) >= 11 is 0. The Hall–Kier alpha value is -0.860. The first-order valence-corrected chi connectivity index (χ1v) is 7.72. The fourth-order valence-electron chi connectivity index (χ4n) is 5.39. The third kappa shape index (κ3) is 1.63. The standard InChI is InChI=1S/C16H24O3/c1-5-10-14(16(18)19-15(10)17)13-9(4)11-6-12(13)8(3)7(11)2/h7-14H,5-6H2,1-4H3. The van der Waals surface area contributed by atoms with E-state index in [0.717, 1.165) is 18.3 Å². The lowest BCUT2D eigenvalue weighted by molar-refractivity contribution is -0.154. The molecule has 1 heterocycles. The van der Waals surface area contributed by atoms with Crippen molar-refractivity contribution in [3.63, 3.8) is 0 Å². The molecule has 106 valence electrons.